The molecule has 0 aliphatic carbocycles. The molecule has 0 heterocycles. The quantitative estimate of drug-likeness (QED) is 0.445. The molecule has 0 spiro atoms. The molecule has 0 saturated carbocycles. The summed E-state index contributed by atoms with van der Waals surface area (Å²) in [7, 11) is 0. The van der Waals surface area contributed by atoms with Crippen molar-refractivity contribution >= 4 is 33.4 Å². The molecular weight excluding hydrogens is 440 g/mol. The molecule has 0 fully saturated rings. The fourth-order valence-electron chi connectivity index (χ4n) is 3.28. The molecule has 5 heteroatoms. The van der Waals surface area contributed by atoms with Gasteiger partial charge in [0.2, 0.25) is 5.91 Å². The van der Waals surface area contributed by atoms with Crippen LogP contribution in [0.4, 0.5) is 5.69 Å². The van der Waals surface area contributed by atoms with Crippen LogP contribution in [0.15, 0.2) is 83.3 Å². The normalized spacial score (nSPS) is 11.7. The highest BCUT2D eigenvalue weighted by molar-refractivity contribution is 9.10. The second kappa shape index (κ2) is 10.2. The predicted octanol–water partition coefficient (Wildman–Crippen LogP) is 6.07. The lowest BCUT2D eigenvalue weighted by Gasteiger charge is -2.20. The monoisotopic (exact) mass is 464 g/mol. The van der Waals surface area contributed by atoms with Crippen LogP contribution in [0.3, 0.4) is 0 Å². The molecule has 3 rings (SSSR count). The van der Waals surface area contributed by atoms with Crippen molar-refractivity contribution in [3.05, 3.63) is 100 Å². The van der Waals surface area contributed by atoms with Crippen molar-refractivity contribution in [1.29, 1.82) is 0 Å². The molecule has 0 aliphatic rings. The van der Waals surface area contributed by atoms with Gasteiger partial charge in [-0.2, -0.15) is 0 Å². The summed E-state index contributed by atoms with van der Waals surface area (Å²) in [6, 6.07) is 24.0. The smallest absolute Gasteiger partial charge is 0.251 e. The lowest BCUT2D eigenvalue weighted by molar-refractivity contribution is -0.116. The summed E-state index contributed by atoms with van der Waals surface area (Å²) in [5, 5.41) is 6.03. The Morgan fingerprint density at radius 2 is 1.53 bits per heavy atom. The molecule has 154 valence electrons. The van der Waals surface area contributed by atoms with Crippen LogP contribution in [0, 0.1) is 0 Å². The zero-order valence-corrected chi connectivity index (χ0v) is 18.6. The van der Waals surface area contributed by atoms with Crippen LogP contribution in [-0.2, 0) is 4.79 Å². The second-order valence-electron chi connectivity index (χ2n) is 7.44. The van der Waals surface area contributed by atoms with E-state index in [0.717, 1.165) is 21.3 Å². The van der Waals surface area contributed by atoms with E-state index < -0.39 is 6.04 Å². The molecule has 0 aliphatic heterocycles. The van der Waals surface area contributed by atoms with E-state index >= 15 is 0 Å². The van der Waals surface area contributed by atoms with Crippen LogP contribution in [0.25, 0.3) is 0 Å². The summed E-state index contributed by atoms with van der Waals surface area (Å²) >= 11 is 3.49. The average Bonchev–Trinajstić information content (AvgIpc) is 2.75. The largest absolute Gasteiger partial charge is 0.345 e. The highest BCUT2D eigenvalue weighted by atomic mass is 79.9. The topological polar surface area (TPSA) is 58.2 Å². The Hall–Kier alpha value is -2.92. The van der Waals surface area contributed by atoms with Gasteiger partial charge in [0.05, 0.1) is 12.5 Å². The third kappa shape index (κ3) is 5.80. The van der Waals surface area contributed by atoms with E-state index in [9.17, 15) is 9.59 Å². The van der Waals surface area contributed by atoms with Gasteiger partial charge in [0.25, 0.3) is 5.91 Å². The van der Waals surface area contributed by atoms with E-state index in [1.807, 2.05) is 66.7 Å². The molecule has 3 aromatic rings. The van der Waals surface area contributed by atoms with Gasteiger partial charge in [0.15, 0.2) is 0 Å². The first-order valence-corrected chi connectivity index (χ1v) is 10.7. The van der Waals surface area contributed by atoms with Gasteiger partial charge in [-0.15, -0.1) is 0 Å². The van der Waals surface area contributed by atoms with Crippen molar-refractivity contribution < 1.29 is 9.59 Å². The Morgan fingerprint density at radius 3 is 2.17 bits per heavy atom. The fraction of sp³-hybridized carbons (Fsp3) is 0.200. The first kappa shape index (κ1) is 21.8. The van der Waals surface area contributed by atoms with Crippen LogP contribution in [0.5, 0.6) is 0 Å². The van der Waals surface area contributed by atoms with Crippen LogP contribution in [-0.4, -0.2) is 11.8 Å². The molecule has 0 unspecified atom stereocenters. The highest BCUT2D eigenvalue weighted by Crippen LogP contribution is 2.28. The van der Waals surface area contributed by atoms with Crippen molar-refractivity contribution in [2.45, 2.75) is 32.2 Å². The van der Waals surface area contributed by atoms with Gasteiger partial charge in [-0.1, -0.05) is 78.3 Å². The Labute approximate surface area is 185 Å². The van der Waals surface area contributed by atoms with Crippen molar-refractivity contribution in [3.63, 3.8) is 0 Å². The summed E-state index contributed by atoms with van der Waals surface area (Å²) < 4.78 is 0.974. The van der Waals surface area contributed by atoms with Crippen LogP contribution in [0.1, 0.15) is 53.7 Å². The number of hydrogen-bond donors (Lipinski definition) is 2. The molecule has 2 amide bonds. The molecule has 0 aromatic heterocycles. The van der Waals surface area contributed by atoms with E-state index in [4.69, 9.17) is 0 Å². The molecule has 0 radical (unpaired) electrons. The Morgan fingerprint density at radius 1 is 0.900 bits per heavy atom. The van der Waals surface area contributed by atoms with Crippen LogP contribution < -0.4 is 10.6 Å². The SMILES string of the molecule is CC(C)c1cc(Br)ccc1NC(=O)C[C@@H](NC(=O)c1ccccc1)c1ccccc1. The lowest BCUT2D eigenvalue weighted by Crippen LogP contribution is -2.31. The molecule has 3 aromatic carbocycles. The van der Waals surface area contributed by atoms with E-state index in [0.29, 0.717) is 5.56 Å². The maximum Gasteiger partial charge on any atom is 0.251 e. The first-order chi connectivity index (χ1) is 14.4. The minimum Gasteiger partial charge on any atom is -0.345 e. The van der Waals surface area contributed by atoms with E-state index in [1.165, 1.54) is 0 Å². The molecule has 2 N–H and O–H groups in total. The third-order valence-electron chi connectivity index (χ3n) is 4.84. The average molecular weight is 465 g/mol. The minimum absolute atomic E-state index is 0.135. The minimum atomic E-state index is -0.433. The summed E-state index contributed by atoms with van der Waals surface area (Å²) in [6.07, 6.45) is 0.135. The van der Waals surface area contributed by atoms with Crippen LogP contribution in [0.2, 0.25) is 0 Å². The van der Waals surface area contributed by atoms with Gasteiger partial charge in [0.1, 0.15) is 0 Å². The summed E-state index contributed by atoms with van der Waals surface area (Å²) in [6.45, 7) is 4.18. The van der Waals surface area contributed by atoms with E-state index in [2.05, 4.69) is 40.4 Å². The van der Waals surface area contributed by atoms with Crippen LogP contribution >= 0.6 is 15.9 Å². The summed E-state index contributed by atoms with van der Waals surface area (Å²) in [5.74, 6) is -0.0919. The summed E-state index contributed by atoms with van der Waals surface area (Å²) in [4.78, 5) is 25.6. The number of anilines is 1. The number of rotatable bonds is 7. The summed E-state index contributed by atoms with van der Waals surface area (Å²) in [5.41, 5.74) is 3.30. The number of carbonyl (C=O) groups is 2. The van der Waals surface area contributed by atoms with Crippen molar-refractivity contribution in [2.75, 3.05) is 5.32 Å². The molecular formula is C25H25BrN2O2. The number of halogens is 1. The van der Waals surface area contributed by atoms with E-state index in [-0.39, 0.29) is 24.2 Å². The third-order valence-corrected chi connectivity index (χ3v) is 5.34. The standard InChI is InChI=1S/C25H25BrN2O2/c1-17(2)21-15-20(26)13-14-22(21)27-24(29)16-23(18-9-5-3-6-10-18)28-25(30)19-11-7-4-8-12-19/h3-15,17,23H,16H2,1-2H3,(H,27,29)(H,28,30)/t23-/m1/s1. The number of benzene rings is 3. The van der Waals surface area contributed by atoms with Gasteiger partial charge < -0.3 is 10.6 Å². The van der Waals surface area contributed by atoms with Gasteiger partial charge >= 0.3 is 0 Å². The lowest BCUT2D eigenvalue weighted by atomic mass is 10.00. The predicted molar refractivity (Wildman–Crippen MR) is 125 cm³/mol. The Kier molecular flexibility index (Phi) is 7.41. The van der Waals surface area contributed by atoms with Gasteiger partial charge in [-0.3, -0.25) is 9.59 Å². The highest BCUT2D eigenvalue weighted by Gasteiger charge is 2.20. The van der Waals surface area contributed by atoms with Crippen molar-refractivity contribution in [2.24, 2.45) is 0 Å². The molecule has 1 atom stereocenters. The molecule has 30 heavy (non-hydrogen) atoms. The van der Waals surface area contributed by atoms with Crippen molar-refractivity contribution in [3.8, 4) is 0 Å². The number of nitrogens with one attached hydrogen (secondary N) is 2. The fourth-order valence-corrected chi connectivity index (χ4v) is 3.66. The van der Waals surface area contributed by atoms with Gasteiger partial charge in [-0.05, 0) is 47.4 Å². The zero-order chi connectivity index (χ0) is 21.5. The van der Waals surface area contributed by atoms with Gasteiger partial charge in [0, 0.05) is 15.7 Å². The Bertz CT molecular complexity index is 1000. The van der Waals surface area contributed by atoms with E-state index in [1.54, 1.807) is 12.1 Å². The second-order valence-corrected chi connectivity index (χ2v) is 8.36. The maximum absolute atomic E-state index is 12.9. The number of carbonyl (C=O) groups excluding carboxylic acids is 2. The molecule has 0 saturated heterocycles. The van der Waals surface area contributed by atoms with Gasteiger partial charge in [-0.25, -0.2) is 0 Å². The Balaban J connectivity index is 1.78. The molecule has 0 bridgehead atoms. The number of hydrogen-bond acceptors (Lipinski definition) is 2. The molecule has 4 nitrogen and oxygen atoms in total. The number of amides is 2. The van der Waals surface area contributed by atoms with Crippen molar-refractivity contribution in [1.82, 2.24) is 5.32 Å². The first-order valence-electron chi connectivity index (χ1n) is 9.94. The maximum atomic E-state index is 12.9. The zero-order valence-electron chi connectivity index (χ0n) is 17.1.